The number of hydrogen-bond donors (Lipinski definition) is 1. The number of anilines is 1. The fraction of sp³-hybridized carbons (Fsp3) is 0.333. The summed E-state index contributed by atoms with van der Waals surface area (Å²) < 4.78 is 7.03. The van der Waals surface area contributed by atoms with Gasteiger partial charge in [0.05, 0.1) is 6.61 Å². The van der Waals surface area contributed by atoms with Crippen LogP contribution in [0.15, 0.2) is 12.3 Å². The van der Waals surface area contributed by atoms with Crippen LogP contribution in [0.4, 0.5) is 5.82 Å². The zero-order chi connectivity index (χ0) is 10.1. The second kappa shape index (κ2) is 3.17. The van der Waals surface area contributed by atoms with E-state index in [-0.39, 0.29) is 0 Å². The van der Waals surface area contributed by atoms with Gasteiger partial charge >= 0.3 is 0 Å². The van der Waals surface area contributed by atoms with Crippen molar-refractivity contribution in [1.82, 2.24) is 14.6 Å². The first kappa shape index (κ1) is 8.80. The third-order valence-corrected chi connectivity index (χ3v) is 1.96. The summed E-state index contributed by atoms with van der Waals surface area (Å²) in [5, 5.41) is 4.24. The molecule has 5 nitrogen and oxygen atoms in total. The van der Waals surface area contributed by atoms with Crippen molar-refractivity contribution in [2.45, 2.75) is 13.8 Å². The Labute approximate surface area is 81.5 Å². The number of fused-ring (bicyclic) bond motifs is 1. The van der Waals surface area contributed by atoms with E-state index in [1.807, 2.05) is 13.8 Å². The molecule has 0 bridgehead atoms. The summed E-state index contributed by atoms with van der Waals surface area (Å²) >= 11 is 0. The smallest absolute Gasteiger partial charge is 0.200 e. The summed E-state index contributed by atoms with van der Waals surface area (Å²) in [5.41, 5.74) is 7.21. The molecule has 2 heterocycles. The molecule has 0 radical (unpaired) electrons. The largest absolute Gasteiger partial charge is 0.488 e. The van der Waals surface area contributed by atoms with Crippen LogP contribution >= 0.6 is 0 Å². The number of nitrogen functional groups attached to an aromatic ring is 1. The molecule has 74 valence electrons. The standard InChI is InChI=1S/C9H12N4O/c1-3-14-8-6(2)12-13-7(10)4-5-11-9(8)13/h4-5H,3,10H2,1-2H3. The fourth-order valence-corrected chi connectivity index (χ4v) is 1.36. The van der Waals surface area contributed by atoms with E-state index in [0.717, 1.165) is 5.69 Å². The van der Waals surface area contributed by atoms with Gasteiger partial charge in [-0.1, -0.05) is 0 Å². The molecule has 0 atom stereocenters. The Morgan fingerprint density at radius 2 is 2.36 bits per heavy atom. The van der Waals surface area contributed by atoms with E-state index in [2.05, 4.69) is 10.1 Å². The number of aryl methyl sites for hydroxylation is 1. The van der Waals surface area contributed by atoms with Gasteiger partial charge in [0.2, 0.25) is 0 Å². The second-order valence-corrected chi connectivity index (χ2v) is 2.95. The Balaban J connectivity index is 2.70. The van der Waals surface area contributed by atoms with E-state index in [1.54, 1.807) is 16.8 Å². The quantitative estimate of drug-likeness (QED) is 0.771. The van der Waals surface area contributed by atoms with Gasteiger partial charge in [-0.2, -0.15) is 9.61 Å². The summed E-state index contributed by atoms with van der Waals surface area (Å²) in [6.45, 7) is 4.40. The van der Waals surface area contributed by atoms with Gasteiger partial charge in [0.25, 0.3) is 0 Å². The first-order valence-corrected chi connectivity index (χ1v) is 4.46. The molecule has 5 heteroatoms. The average molecular weight is 192 g/mol. The molecule has 2 aromatic heterocycles. The van der Waals surface area contributed by atoms with Gasteiger partial charge < -0.3 is 10.5 Å². The highest BCUT2D eigenvalue weighted by Gasteiger charge is 2.12. The number of nitrogens with zero attached hydrogens (tertiary/aromatic N) is 3. The molecule has 0 unspecified atom stereocenters. The van der Waals surface area contributed by atoms with E-state index >= 15 is 0 Å². The van der Waals surface area contributed by atoms with Crippen LogP contribution in [0.1, 0.15) is 12.6 Å². The maximum absolute atomic E-state index is 5.74. The zero-order valence-electron chi connectivity index (χ0n) is 8.19. The number of ether oxygens (including phenoxy) is 1. The van der Waals surface area contributed by atoms with Gasteiger partial charge in [-0.3, -0.25) is 0 Å². The molecule has 14 heavy (non-hydrogen) atoms. The number of rotatable bonds is 2. The minimum Gasteiger partial charge on any atom is -0.488 e. The van der Waals surface area contributed by atoms with E-state index in [4.69, 9.17) is 10.5 Å². The van der Waals surface area contributed by atoms with Gasteiger partial charge in [0.1, 0.15) is 11.5 Å². The lowest BCUT2D eigenvalue weighted by molar-refractivity contribution is 0.341. The molecule has 0 saturated heterocycles. The highest BCUT2D eigenvalue weighted by molar-refractivity contribution is 5.59. The van der Waals surface area contributed by atoms with Crippen LogP contribution in [-0.2, 0) is 0 Å². The molecule has 2 N–H and O–H groups in total. The third-order valence-electron chi connectivity index (χ3n) is 1.96. The summed E-state index contributed by atoms with van der Waals surface area (Å²) in [6, 6.07) is 1.70. The van der Waals surface area contributed by atoms with Gasteiger partial charge in [-0.25, -0.2) is 4.98 Å². The Bertz CT molecular complexity index is 463. The molecular formula is C9H12N4O. The van der Waals surface area contributed by atoms with Crippen molar-refractivity contribution in [3.8, 4) is 5.75 Å². The first-order valence-electron chi connectivity index (χ1n) is 4.46. The zero-order valence-corrected chi connectivity index (χ0v) is 8.19. The molecule has 2 aromatic rings. The van der Waals surface area contributed by atoms with Crippen molar-refractivity contribution in [2.24, 2.45) is 0 Å². The molecule has 0 aliphatic carbocycles. The van der Waals surface area contributed by atoms with Crippen molar-refractivity contribution in [3.05, 3.63) is 18.0 Å². The lowest BCUT2D eigenvalue weighted by atomic mass is 10.4. The summed E-state index contributed by atoms with van der Waals surface area (Å²) in [7, 11) is 0. The van der Waals surface area contributed by atoms with Crippen molar-refractivity contribution in [2.75, 3.05) is 12.3 Å². The van der Waals surface area contributed by atoms with Crippen LogP contribution in [0, 0.1) is 6.92 Å². The van der Waals surface area contributed by atoms with Gasteiger partial charge in [0.15, 0.2) is 11.4 Å². The van der Waals surface area contributed by atoms with E-state index < -0.39 is 0 Å². The van der Waals surface area contributed by atoms with Crippen LogP contribution in [0.25, 0.3) is 5.65 Å². The third kappa shape index (κ3) is 1.17. The minimum absolute atomic E-state index is 0.559. The fourth-order valence-electron chi connectivity index (χ4n) is 1.36. The maximum atomic E-state index is 5.74. The maximum Gasteiger partial charge on any atom is 0.200 e. The first-order chi connectivity index (χ1) is 6.74. The molecule has 0 aliphatic rings. The second-order valence-electron chi connectivity index (χ2n) is 2.95. The topological polar surface area (TPSA) is 65.4 Å². The molecule has 0 aromatic carbocycles. The van der Waals surface area contributed by atoms with Crippen LogP contribution in [0.2, 0.25) is 0 Å². The van der Waals surface area contributed by atoms with E-state index in [0.29, 0.717) is 23.8 Å². The summed E-state index contributed by atoms with van der Waals surface area (Å²) in [6.07, 6.45) is 1.65. The van der Waals surface area contributed by atoms with Crippen LogP contribution < -0.4 is 10.5 Å². The molecule has 0 fully saturated rings. The monoisotopic (exact) mass is 192 g/mol. The molecule has 0 amide bonds. The lowest BCUT2D eigenvalue weighted by Gasteiger charge is -2.00. The predicted molar refractivity (Wildman–Crippen MR) is 53.3 cm³/mol. The van der Waals surface area contributed by atoms with Crippen LogP contribution in [0.3, 0.4) is 0 Å². The van der Waals surface area contributed by atoms with E-state index in [9.17, 15) is 0 Å². The van der Waals surface area contributed by atoms with Crippen molar-refractivity contribution in [1.29, 1.82) is 0 Å². The number of aromatic nitrogens is 3. The van der Waals surface area contributed by atoms with Crippen molar-refractivity contribution < 1.29 is 4.74 Å². The predicted octanol–water partition coefficient (Wildman–Crippen LogP) is 1.02. The highest BCUT2D eigenvalue weighted by Crippen LogP contribution is 2.23. The Morgan fingerprint density at radius 1 is 1.57 bits per heavy atom. The summed E-state index contributed by atoms with van der Waals surface area (Å²) in [4.78, 5) is 4.18. The van der Waals surface area contributed by atoms with Gasteiger partial charge in [-0.15, -0.1) is 0 Å². The SMILES string of the molecule is CCOc1c(C)nn2c(N)ccnc12. The molecule has 0 spiro atoms. The average Bonchev–Trinajstić information content (AvgIpc) is 2.47. The van der Waals surface area contributed by atoms with Crippen molar-refractivity contribution in [3.63, 3.8) is 0 Å². The minimum atomic E-state index is 0.559. The normalized spacial score (nSPS) is 10.7. The van der Waals surface area contributed by atoms with Crippen molar-refractivity contribution >= 4 is 11.5 Å². The van der Waals surface area contributed by atoms with E-state index in [1.165, 1.54) is 0 Å². The van der Waals surface area contributed by atoms with Crippen LogP contribution in [0.5, 0.6) is 5.75 Å². The molecular weight excluding hydrogens is 180 g/mol. The van der Waals surface area contributed by atoms with Gasteiger partial charge in [-0.05, 0) is 19.9 Å². The molecule has 0 aliphatic heterocycles. The van der Waals surface area contributed by atoms with Gasteiger partial charge in [0, 0.05) is 6.20 Å². The Morgan fingerprint density at radius 3 is 3.07 bits per heavy atom. The Kier molecular flexibility index (Phi) is 1.99. The highest BCUT2D eigenvalue weighted by atomic mass is 16.5. The van der Waals surface area contributed by atoms with Crippen LogP contribution in [-0.4, -0.2) is 21.2 Å². The lowest BCUT2D eigenvalue weighted by Crippen LogP contribution is -1.99. The summed E-state index contributed by atoms with van der Waals surface area (Å²) in [5.74, 6) is 1.27. The number of nitrogens with two attached hydrogens (primary N) is 1. The Hall–Kier alpha value is -1.78. The number of hydrogen-bond acceptors (Lipinski definition) is 4. The molecule has 2 rings (SSSR count). The molecule has 0 saturated carbocycles.